The van der Waals surface area contributed by atoms with Crippen LogP contribution in [-0.4, -0.2) is 67.5 Å². The molecule has 1 N–H and O–H groups in total. The van der Waals surface area contributed by atoms with Gasteiger partial charge in [-0.2, -0.15) is 0 Å². The van der Waals surface area contributed by atoms with Crippen molar-refractivity contribution < 1.29 is 14.6 Å². The molecule has 24 heavy (non-hydrogen) atoms. The van der Waals surface area contributed by atoms with Gasteiger partial charge in [0.15, 0.2) is 0 Å². The van der Waals surface area contributed by atoms with Gasteiger partial charge in [-0.15, -0.1) is 0 Å². The van der Waals surface area contributed by atoms with Crippen LogP contribution in [0.5, 0.6) is 11.5 Å². The lowest BCUT2D eigenvalue weighted by Gasteiger charge is -2.37. The van der Waals surface area contributed by atoms with E-state index in [0.29, 0.717) is 12.6 Å². The van der Waals surface area contributed by atoms with E-state index < -0.39 is 0 Å². The van der Waals surface area contributed by atoms with Gasteiger partial charge in [-0.05, 0) is 52.0 Å². The standard InChI is InChI=1S/C19H30N2O3/c1-14-10-15-11-18(23-3)12-16(19(15)24-14)13-21(8-9-22)17-4-6-20(2)7-5-17/h11-12,14,17,22H,4-10,13H2,1-3H3. The first-order valence-electron chi connectivity index (χ1n) is 9.00. The molecule has 1 atom stereocenters. The predicted molar refractivity (Wildman–Crippen MR) is 94.8 cm³/mol. The van der Waals surface area contributed by atoms with Crippen LogP contribution in [0.3, 0.4) is 0 Å². The second kappa shape index (κ2) is 7.72. The summed E-state index contributed by atoms with van der Waals surface area (Å²) >= 11 is 0. The molecule has 0 radical (unpaired) electrons. The van der Waals surface area contributed by atoms with Crippen LogP contribution in [0.15, 0.2) is 12.1 Å². The Morgan fingerprint density at radius 2 is 2.08 bits per heavy atom. The second-order valence-electron chi connectivity index (χ2n) is 7.14. The highest BCUT2D eigenvalue weighted by Crippen LogP contribution is 2.37. The Balaban J connectivity index is 1.81. The monoisotopic (exact) mass is 334 g/mol. The summed E-state index contributed by atoms with van der Waals surface area (Å²) < 4.78 is 11.6. The molecular formula is C19H30N2O3. The molecule has 3 rings (SSSR count). The summed E-state index contributed by atoms with van der Waals surface area (Å²) in [5.41, 5.74) is 2.42. The quantitative estimate of drug-likeness (QED) is 0.861. The molecule has 1 saturated heterocycles. The molecule has 5 nitrogen and oxygen atoms in total. The molecule has 1 aromatic rings. The number of aliphatic hydroxyl groups excluding tert-OH is 1. The molecule has 0 saturated carbocycles. The lowest BCUT2D eigenvalue weighted by molar-refractivity contribution is 0.0929. The molecule has 0 spiro atoms. The highest BCUT2D eigenvalue weighted by Gasteiger charge is 2.27. The molecule has 1 fully saturated rings. The number of nitrogens with zero attached hydrogens (tertiary/aromatic N) is 2. The van der Waals surface area contributed by atoms with Gasteiger partial charge in [0, 0.05) is 36.7 Å². The van der Waals surface area contributed by atoms with Gasteiger partial charge in [-0.25, -0.2) is 0 Å². The van der Waals surface area contributed by atoms with Crippen molar-refractivity contribution in [2.45, 2.75) is 44.9 Å². The van der Waals surface area contributed by atoms with Crippen molar-refractivity contribution in [2.24, 2.45) is 0 Å². The molecule has 1 unspecified atom stereocenters. The van der Waals surface area contributed by atoms with Gasteiger partial charge in [-0.1, -0.05) is 0 Å². The zero-order valence-electron chi connectivity index (χ0n) is 15.1. The number of rotatable bonds is 6. The van der Waals surface area contributed by atoms with Gasteiger partial charge in [0.2, 0.25) is 0 Å². The van der Waals surface area contributed by atoms with E-state index in [4.69, 9.17) is 9.47 Å². The third-order valence-electron chi connectivity index (χ3n) is 5.24. The van der Waals surface area contributed by atoms with Crippen LogP contribution in [0.25, 0.3) is 0 Å². The molecule has 1 aromatic carbocycles. The van der Waals surface area contributed by atoms with Gasteiger partial charge in [0.05, 0.1) is 13.7 Å². The van der Waals surface area contributed by atoms with Crippen molar-refractivity contribution in [3.05, 3.63) is 23.3 Å². The Morgan fingerprint density at radius 1 is 1.33 bits per heavy atom. The highest BCUT2D eigenvalue weighted by molar-refractivity contribution is 5.49. The van der Waals surface area contributed by atoms with Crippen molar-refractivity contribution in [1.29, 1.82) is 0 Å². The van der Waals surface area contributed by atoms with Crippen molar-refractivity contribution in [2.75, 3.05) is 40.4 Å². The van der Waals surface area contributed by atoms with E-state index in [9.17, 15) is 5.11 Å². The third kappa shape index (κ3) is 3.85. The largest absolute Gasteiger partial charge is 0.497 e. The Labute approximate surface area is 145 Å². The van der Waals surface area contributed by atoms with Crippen LogP contribution in [0.2, 0.25) is 0 Å². The van der Waals surface area contributed by atoms with Crippen LogP contribution in [0, 0.1) is 0 Å². The summed E-state index contributed by atoms with van der Waals surface area (Å²) in [6.45, 7) is 6.05. The van der Waals surface area contributed by atoms with Gasteiger partial charge >= 0.3 is 0 Å². The molecule has 2 aliphatic heterocycles. The summed E-state index contributed by atoms with van der Waals surface area (Å²) in [5.74, 6) is 1.92. The van der Waals surface area contributed by atoms with E-state index in [1.807, 2.05) is 0 Å². The number of hydrogen-bond acceptors (Lipinski definition) is 5. The molecule has 134 valence electrons. The van der Waals surface area contributed by atoms with Gasteiger partial charge in [0.1, 0.15) is 17.6 Å². The average molecular weight is 334 g/mol. The van der Waals surface area contributed by atoms with Crippen molar-refractivity contribution >= 4 is 0 Å². The number of aliphatic hydroxyl groups is 1. The Morgan fingerprint density at radius 3 is 2.75 bits per heavy atom. The summed E-state index contributed by atoms with van der Waals surface area (Å²) in [5, 5.41) is 9.53. The lowest BCUT2D eigenvalue weighted by atomic mass is 10.0. The van der Waals surface area contributed by atoms with Crippen LogP contribution in [0.1, 0.15) is 30.9 Å². The molecule has 0 aromatic heterocycles. The zero-order valence-corrected chi connectivity index (χ0v) is 15.1. The molecule has 5 heteroatoms. The van der Waals surface area contributed by atoms with Crippen LogP contribution in [-0.2, 0) is 13.0 Å². The minimum atomic E-state index is 0.190. The van der Waals surface area contributed by atoms with Crippen molar-refractivity contribution in [1.82, 2.24) is 9.80 Å². The summed E-state index contributed by atoms with van der Waals surface area (Å²) in [7, 11) is 3.89. The Bertz CT molecular complexity index is 556. The molecule has 2 aliphatic rings. The van der Waals surface area contributed by atoms with E-state index in [1.54, 1.807) is 7.11 Å². The fourth-order valence-corrected chi connectivity index (χ4v) is 3.91. The van der Waals surface area contributed by atoms with E-state index in [0.717, 1.165) is 50.4 Å². The zero-order chi connectivity index (χ0) is 17.1. The van der Waals surface area contributed by atoms with Gasteiger partial charge in [-0.3, -0.25) is 4.90 Å². The highest BCUT2D eigenvalue weighted by atomic mass is 16.5. The lowest BCUT2D eigenvalue weighted by Crippen LogP contribution is -2.44. The maximum Gasteiger partial charge on any atom is 0.127 e. The summed E-state index contributed by atoms with van der Waals surface area (Å²) in [6, 6.07) is 4.71. The van der Waals surface area contributed by atoms with Gasteiger partial charge in [0.25, 0.3) is 0 Å². The van der Waals surface area contributed by atoms with E-state index in [1.165, 1.54) is 11.1 Å². The first-order valence-corrected chi connectivity index (χ1v) is 9.00. The third-order valence-corrected chi connectivity index (χ3v) is 5.24. The first-order chi connectivity index (χ1) is 11.6. The summed E-state index contributed by atoms with van der Waals surface area (Å²) in [6.07, 6.45) is 3.47. The number of likely N-dealkylation sites (tertiary alicyclic amines) is 1. The number of methoxy groups -OCH3 is 1. The molecule has 0 amide bonds. The number of fused-ring (bicyclic) bond motifs is 1. The number of benzene rings is 1. The Kier molecular flexibility index (Phi) is 5.64. The van der Waals surface area contributed by atoms with Crippen LogP contribution < -0.4 is 9.47 Å². The fourth-order valence-electron chi connectivity index (χ4n) is 3.91. The van der Waals surface area contributed by atoms with Crippen LogP contribution in [0.4, 0.5) is 0 Å². The predicted octanol–water partition coefficient (Wildman–Crippen LogP) is 1.91. The molecular weight excluding hydrogens is 304 g/mol. The van der Waals surface area contributed by atoms with E-state index in [-0.39, 0.29) is 12.7 Å². The number of ether oxygens (including phenoxy) is 2. The first kappa shape index (κ1) is 17.5. The minimum Gasteiger partial charge on any atom is -0.497 e. The fraction of sp³-hybridized carbons (Fsp3) is 0.684. The van der Waals surface area contributed by atoms with Crippen molar-refractivity contribution in [3.8, 4) is 11.5 Å². The molecule has 0 bridgehead atoms. The normalized spacial score (nSPS) is 21.8. The number of piperidine rings is 1. The van der Waals surface area contributed by atoms with E-state index in [2.05, 4.69) is 35.9 Å². The van der Waals surface area contributed by atoms with Crippen LogP contribution >= 0.6 is 0 Å². The second-order valence-corrected chi connectivity index (χ2v) is 7.14. The maximum atomic E-state index is 9.53. The molecule has 2 heterocycles. The maximum absolute atomic E-state index is 9.53. The van der Waals surface area contributed by atoms with E-state index >= 15 is 0 Å². The summed E-state index contributed by atoms with van der Waals surface area (Å²) in [4.78, 5) is 4.79. The minimum absolute atomic E-state index is 0.190. The van der Waals surface area contributed by atoms with Crippen molar-refractivity contribution in [3.63, 3.8) is 0 Å². The number of hydrogen-bond donors (Lipinski definition) is 1. The Hall–Kier alpha value is -1.30. The molecule has 0 aliphatic carbocycles. The average Bonchev–Trinajstić information content (AvgIpc) is 2.95. The van der Waals surface area contributed by atoms with Gasteiger partial charge < -0.3 is 19.5 Å². The smallest absolute Gasteiger partial charge is 0.127 e. The topological polar surface area (TPSA) is 45.2 Å². The SMILES string of the molecule is COc1cc2c(c(CN(CCO)C3CCN(C)CC3)c1)OC(C)C2.